The van der Waals surface area contributed by atoms with Crippen molar-refractivity contribution in [2.45, 2.75) is 23.2 Å². The number of para-hydroxylation sites is 1. The van der Waals surface area contributed by atoms with E-state index in [0.717, 1.165) is 16.1 Å². The number of rotatable bonds is 8. The van der Waals surface area contributed by atoms with Crippen LogP contribution in [0.25, 0.3) is 0 Å². The number of thioether (sulfide) groups is 1. The fourth-order valence-electron chi connectivity index (χ4n) is 3.71. The minimum Gasteiger partial charge on any atom is -0.493 e. The molecule has 0 fully saturated rings. The van der Waals surface area contributed by atoms with Gasteiger partial charge in [0, 0.05) is 24.9 Å². The topological polar surface area (TPSA) is 152 Å². The maximum atomic E-state index is 13.8. The van der Waals surface area contributed by atoms with Crippen LogP contribution in [-0.2, 0) is 23.9 Å². The molecule has 0 bridgehead atoms. The summed E-state index contributed by atoms with van der Waals surface area (Å²) in [5.41, 5.74) is 1.51. The van der Waals surface area contributed by atoms with Gasteiger partial charge >= 0.3 is 17.9 Å². The lowest BCUT2D eigenvalue weighted by Gasteiger charge is -2.28. The fourth-order valence-corrected chi connectivity index (χ4v) is 5.01. The molecule has 13 heteroatoms. The number of ether oxygens (including phenoxy) is 4. The van der Waals surface area contributed by atoms with E-state index in [1.54, 1.807) is 17.0 Å². The molecular formula is C26H32N2O10S. The van der Waals surface area contributed by atoms with Crippen LogP contribution in [0, 0.1) is 0 Å². The molecule has 0 radical (unpaired) electrons. The molecule has 2 aromatic carbocycles. The van der Waals surface area contributed by atoms with Crippen molar-refractivity contribution in [3.8, 4) is 17.2 Å². The number of esters is 1. The number of methoxy groups -OCH3 is 3. The lowest BCUT2D eigenvalue weighted by molar-refractivity contribution is -0.159. The van der Waals surface area contributed by atoms with E-state index in [9.17, 15) is 9.59 Å². The number of nitrogens with zero attached hydrogens (tertiary/aromatic N) is 2. The molecule has 1 heterocycles. The van der Waals surface area contributed by atoms with Crippen molar-refractivity contribution in [3.63, 3.8) is 0 Å². The summed E-state index contributed by atoms with van der Waals surface area (Å²) >= 11 is 1.47. The van der Waals surface area contributed by atoms with Gasteiger partial charge in [-0.15, -0.1) is 11.8 Å². The van der Waals surface area contributed by atoms with Gasteiger partial charge in [0.25, 0.3) is 5.91 Å². The summed E-state index contributed by atoms with van der Waals surface area (Å²) in [6.45, 7) is 2.43. The van der Waals surface area contributed by atoms with E-state index in [0.29, 0.717) is 30.3 Å². The molecule has 0 saturated carbocycles. The van der Waals surface area contributed by atoms with E-state index in [4.69, 9.17) is 38.7 Å². The Hall–Kier alpha value is -3.97. The maximum Gasteiger partial charge on any atom is 0.414 e. The van der Waals surface area contributed by atoms with Crippen molar-refractivity contribution in [1.82, 2.24) is 4.90 Å². The largest absolute Gasteiger partial charge is 0.493 e. The lowest BCUT2D eigenvalue weighted by atomic mass is 10.0. The Balaban J connectivity index is 0.000000798. The van der Waals surface area contributed by atoms with Gasteiger partial charge in [0.2, 0.25) is 5.75 Å². The van der Waals surface area contributed by atoms with Gasteiger partial charge in [0.15, 0.2) is 17.6 Å². The third-order valence-corrected chi connectivity index (χ3v) is 6.83. The first-order valence-corrected chi connectivity index (χ1v) is 12.5. The highest BCUT2D eigenvalue weighted by Gasteiger charge is 2.41. The maximum absolute atomic E-state index is 13.8. The number of hydrogen-bond acceptors (Lipinski definition) is 10. The molecule has 212 valence electrons. The first-order valence-electron chi connectivity index (χ1n) is 11.6. The van der Waals surface area contributed by atoms with E-state index in [1.165, 1.54) is 40.0 Å². The van der Waals surface area contributed by atoms with Crippen LogP contribution in [0.15, 0.2) is 41.3 Å². The van der Waals surface area contributed by atoms with Gasteiger partial charge < -0.3 is 39.0 Å². The standard InChI is InChI=1S/C24H30N2O6S.C2H2O4/c1-15(27)32-22-23(16-13-18(29-4)21(31-6)19(14-16)30-5)33-20-10-8-7-9-17(20)26(24(22)28)12-11-25(2)3;3-1(4)2(5)6/h7-10,13-14,22-23H,11-12H2,1-6H3;(H,3,4)(H,5,6). The van der Waals surface area contributed by atoms with Gasteiger partial charge in [0.1, 0.15) is 0 Å². The Bertz CT molecular complexity index is 1170. The highest BCUT2D eigenvalue weighted by Crippen LogP contribution is 2.49. The number of fused-ring (bicyclic) bond motifs is 1. The van der Waals surface area contributed by atoms with Crippen LogP contribution < -0.4 is 19.1 Å². The molecule has 2 unspecified atom stereocenters. The molecule has 0 aromatic heterocycles. The Kier molecular flexibility index (Phi) is 11.4. The summed E-state index contributed by atoms with van der Waals surface area (Å²) in [5.74, 6) is -3.07. The molecule has 12 nitrogen and oxygen atoms in total. The first-order chi connectivity index (χ1) is 18.4. The molecular weight excluding hydrogens is 532 g/mol. The van der Waals surface area contributed by atoms with Crippen LogP contribution in [-0.4, -0.2) is 93.5 Å². The van der Waals surface area contributed by atoms with E-state index >= 15 is 0 Å². The summed E-state index contributed by atoms with van der Waals surface area (Å²) < 4.78 is 22.1. The molecule has 3 rings (SSSR count). The zero-order chi connectivity index (χ0) is 29.3. The summed E-state index contributed by atoms with van der Waals surface area (Å²) in [5, 5.41) is 14.3. The molecule has 2 atom stereocenters. The van der Waals surface area contributed by atoms with E-state index < -0.39 is 29.3 Å². The highest BCUT2D eigenvalue weighted by atomic mass is 32.2. The Labute approximate surface area is 230 Å². The van der Waals surface area contributed by atoms with Crippen LogP contribution in [0.1, 0.15) is 17.7 Å². The van der Waals surface area contributed by atoms with Gasteiger partial charge in [-0.25, -0.2) is 9.59 Å². The lowest BCUT2D eigenvalue weighted by Crippen LogP contribution is -2.45. The van der Waals surface area contributed by atoms with Crippen LogP contribution in [0.2, 0.25) is 0 Å². The number of aliphatic carboxylic acids is 2. The quantitative estimate of drug-likeness (QED) is 0.358. The van der Waals surface area contributed by atoms with Gasteiger partial charge in [-0.2, -0.15) is 0 Å². The Morgan fingerprint density at radius 3 is 2.00 bits per heavy atom. The van der Waals surface area contributed by atoms with Crippen molar-refractivity contribution in [1.29, 1.82) is 0 Å². The third kappa shape index (κ3) is 8.01. The number of carboxylic acid groups (broad SMARTS) is 2. The van der Waals surface area contributed by atoms with Crippen LogP contribution >= 0.6 is 11.8 Å². The smallest absolute Gasteiger partial charge is 0.414 e. The molecule has 0 saturated heterocycles. The third-order valence-electron chi connectivity index (χ3n) is 5.46. The zero-order valence-corrected chi connectivity index (χ0v) is 23.3. The number of benzene rings is 2. The van der Waals surface area contributed by atoms with Gasteiger partial charge in [-0.1, -0.05) is 12.1 Å². The van der Waals surface area contributed by atoms with Crippen molar-refractivity contribution in [3.05, 3.63) is 42.0 Å². The molecule has 1 aliphatic heterocycles. The summed E-state index contributed by atoms with van der Waals surface area (Å²) in [4.78, 5) is 48.7. The molecule has 1 aliphatic rings. The second-order valence-corrected chi connectivity index (χ2v) is 9.58. The molecule has 39 heavy (non-hydrogen) atoms. The number of anilines is 1. The van der Waals surface area contributed by atoms with Gasteiger partial charge in [0.05, 0.1) is 32.3 Å². The summed E-state index contributed by atoms with van der Waals surface area (Å²) in [7, 11) is 8.50. The first kappa shape index (κ1) is 31.2. The number of likely N-dealkylation sites (N-methyl/N-ethyl adjacent to an activating group) is 1. The number of amides is 1. The second-order valence-electron chi connectivity index (χ2n) is 8.40. The average Bonchev–Trinajstić information content (AvgIpc) is 3.00. The average molecular weight is 565 g/mol. The fraction of sp³-hybridized carbons (Fsp3) is 0.385. The number of carbonyl (C=O) groups is 4. The zero-order valence-electron chi connectivity index (χ0n) is 22.5. The van der Waals surface area contributed by atoms with Crippen molar-refractivity contribution in [2.75, 3.05) is 53.4 Å². The van der Waals surface area contributed by atoms with Crippen LogP contribution in [0.5, 0.6) is 17.2 Å². The predicted octanol–water partition coefficient (Wildman–Crippen LogP) is 2.54. The number of carbonyl (C=O) groups excluding carboxylic acids is 2. The number of hydrogen-bond donors (Lipinski definition) is 2. The van der Waals surface area contributed by atoms with E-state index in [2.05, 4.69) is 0 Å². The summed E-state index contributed by atoms with van der Waals surface area (Å²) in [6, 6.07) is 11.3. The molecule has 2 N–H and O–H groups in total. The van der Waals surface area contributed by atoms with Crippen molar-refractivity contribution >= 4 is 41.3 Å². The molecule has 2 aromatic rings. The second kappa shape index (κ2) is 14.3. The van der Waals surface area contributed by atoms with Gasteiger partial charge in [-0.3, -0.25) is 9.59 Å². The Morgan fingerprint density at radius 2 is 1.54 bits per heavy atom. The number of carboxylic acids is 2. The highest BCUT2D eigenvalue weighted by molar-refractivity contribution is 7.99. The molecule has 0 spiro atoms. The predicted molar refractivity (Wildman–Crippen MR) is 143 cm³/mol. The van der Waals surface area contributed by atoms with E-state index in [1.807, 2.05) is 43.3 Å². The summed E-state index contributed by atoms with van der Waals surface area (Å²) in [6.07, 6.45) is -1.04. The molecule has 0 aliphatic carbocycles. The van der Waals surface area contributed by atoms with Crippen molar-refractivity contribution in [2.24, 2.45) is 0 Å². The van der Waals surface area contributed by atoms with Crippen molar-refractivity contribution < 1.29 is 48.3 Å². The monoisotopic (exact) mass is 564 g/mol. The van der Waals surface area contributed by atoms with Crippen LogP contribution in [0.3, 0.4) is 0 Å². The SMILES string of the molecule is COc1cc(C2Sc3ccccc3N(CCN(C)C)C(=O)C2OC(C)=O)cc(OC)c1OC.O=C(O)C(=O)O. The van der Waals surface area contributed by atoms with E-state index in [-0.39, 0.29) is 5.91 Å². The van der Waals surface area contributed by atoms with Gasteiger partial charge in [-0.05, 0) is 43.9 Å². The minimum absolute atomic E-state index is 0.275. The Morgan fingerprint density at radius 1 is 0.974 bits per heavy atom. The van der Waals surface area contributed by atoms with Crippen LogP contribution in [0.4, 0.5) is 5.69 Å². The normalized spacial score (nSPS) is 16.3. The molecule has 1 amide bonds. The minimum atomic E-state index is -1.82.